The zero-order valence-electron chi connectivity index (χ0n) is 15.9. The van der Waals surface area contributed by atoms with Crippen molar-refractivity contribution in [1.29, 1.82) is 0 Å². The van der Waals surface area contributed by atoms with Crippen LogP contribution in [0.25, 0.3) is 0 Å². The summed E-state index contributed by atoms with van der Waals surface area (Å²) in [4.78, 5) is 25.5. The van der Waals surface area contributed by atoms with Crippen molar-refractivity contribution in [2.24, 2.45) is 0 Å². The van der Waals surface area contributed by atoms with E-state index in [1.807, 2.05) is 17.0 Å². The summed E-state index contributed by atoms with van der Waals surface area (Å²) in [6.07, 6.45) is 1.58. The average molecular weight is 371 g/mol. The van der Waals surface area contributed by atoms with Gasteiger partial charge in [0.05, 0.1) is 19.9 Å². The molecule has 1 aliphatic rings. The second-order valence-electron chi connectivity index (χ2n) is 6.18. The van der Waals surface area contributed by atoms with E-state index in [0.717, 1.165) is 19.6 Å². The third-order valence-electron chi connectivity index (χ3n) is 4.64. The minimum Gasteiger partial charge on any atom is -0.497 e. The van der Waals surface area contributed by atoms with Crippen LogP contribution in [0.3, 0.4) is 0 Å². The van der Waals surface area contributed by atoms with E-state index in [9.17, 15) is 4.79 Å². The Labute approximate surface area is 159 Å². The number of amides is 1. The summed E-state index contributed by atoms with van der Waals surface area (Å²) in [5.74, 6) is 1.56. The van der Waals surface area contributed by atoms with Crippen LogP contribution < -0.4 is 14.8 Å². The molecule has 8 heteroatoms. The Balaban J connectivity index is 1.73. The normalized spacial score (nSPS) is 14.7. The van der Waals surface area contributed by atoms with Crippen LogP contribution >= 0.6 is 0 Å². The number of hydrogen-bond acceptors (Lipinski definition) is 7. The predicted molar refractivity (Wildman–Crippen MR) is 103 cm³/mol. The molecule has 1 saturated heterocycles. The molecule has 144 valence electrons. The van der Waals surface area contributed by atoms with E-state index in [4.69, 9.17) is 9.47 Å². The maximum absolute atomic E-state index is 12.8. The van der Waals surface area contributed by atoms with Crippen molar-refractivity contribution in [2.75, 3.05) is 52.3 Å². The highest BCUT2D eigenvalue weighted by Gasteiger charge is 2.22. The fourth-order valence-electron chi connectivity index (χ4n) is 2.99. The van der Waals surface area contributed by atoms with Crippen LogP contribution in [0.1, 0.15) is 17.4 Å². The van der Waals surface area contributed by atoms with Crippen LogP contribution in [0.2, 0.25) is 0 Å². The Hall–Kier alpha value is -2.87. The lowest BCUT2D eigenvalue weighted by Crippen LogP contribution is -2.48. The van der Waals surface area contributed by atoms with Gasteiger partial charge in [0.1, 0.15) is 17.2 Å². The predicted octanol–water partition coefficient (Wildman–Crippen LogP) is 2.02. The van der Waals surface area contributed by atoms with Gasteiger partial charge in [-0.15, -0.1) is 0 Å². The Morgan fingerprint density at radius 2 is 1.93 bits per heavy atom. The number of nitrogens with zero attached hydrogens (tertiary/aromatic N) is 4. The van der Waals surface area contributed by atoms with Gasteiger partial charge >= 0.3 is 0 Å². The number of likely N-dealkylation sites (N-methyl/N-ethyl adjacent to an activating group) is 1. The van der Waals surface area contributed by atoms with Crippen LogP contribution in [0.15, 0.2) is 30.5 Å². The number of anilines is 2. The molecule has 1 aromatic heterocycles. The standard InChI is InChI=1S/C19H25N5O3/c1-4-23-9-11-24(12-10-23)18(25)16-7-8-20-19(22-16)21-15-6-5-14(26-2)13-17(15)27-3/h5-8,13H,4,9-12H2,1-3H3,(H,20,21,22). The Morgan fingerprint density at radius 1 is 1.15 bits per heavy atom. The maximum atomic E-state index is 12.8. The molecule has 1 N–H and O–H groups in total. The van der Waals surface area contributed by atoms with Crippen molar-refractivity contribution in [3.8, 4) is 11.5 Å². The molecule has 1 amide bonds. The molecule has 2 aromatic rings. The second-order valence-corrected chi connectivity index (χ2v) is 6.18. The SMILES string of the molecule is CCN1CCN(C(=O)c2ccnc(Nc3ccc(OC)cc3OC)n2)CC1. The van der Waals surface area contributed by atoms with Gasteiger partial charge < -0.3 is 24.6 Å². The number of carbonyl (C=O) groups is 1. The van der Waals surface area contributed by atoms with Crippen LogP contribution in [0.5, 0.6) is 11.5 Å². The molecule has 8 nitrogen and oxygen atoms in total. The highest BCUT2D eigenvalue weighted by Crippen LogP contribution is 2.30. The quantitative estimate of drug-likeness (QED) is 0.832. The van der Waals surface area contributed by atoms with E-state index in [2.05, 4.69) is 27.1 Å². The minimum atomic E-state index is -0.0714. The number of piperazine rings is 1. The first-order chi connectivity index (χ1) is 13.1. The maximum Gasteiger partial charge on any atom is 0.272 e. The molecule has 1 aromatic carbocycles. The van der Waals surface area contributed by atoms with E-state index >= 15 is 0 Å². The van der Waals surface area contributed by atoms with Crippen molar-refractivity contribution < 1.29 is 14.3 Å². The molecule has 0 radical (unpaired) electrons. The van der Waals surface area contributed by atoms with E-state index in [1.54, 1.807) is 32.5 Å². The highest BCUT2D eigenvalue weighted by atomic mass is 16.5. The smallest absolute Gasteiger partial charge is 0.272 e. The minimum absolute atomic E-state index is 0.0714. The molecular weight excluding hydrogens is 346 g/mol. The molecule has 0 unspecified atom stereocenters. The summed E-state index contributed by atoms with van der Waals surface area (Å²) in [6, 6.07) is 7.04. The fraction of sp³-hybridized carbons (Fsp3) is 0.421. The first-order valence-electron chi connectivity index (χ1n) is 8.98. The zero-order chi connectivity index (χ0) is 19.2. The zero-order valence-corrected chi connectivity index (χ0v) is 15.9. The van der Waals surface area contributed by atoms with Gasteiger partial charge in [0.15, 0.2) is 0 Å². The lowest BCUT2D eigenvalue weighted by atomic mass is 10.2. The Morgan fingerprint density at radius 3 is 2.59 bits per heavy atom. The number of ether oxygens (including phenoxy) is 2. The average Bonchev–Trinajstić information content (AvgIpc) is 2.73. The lowest BCUT2D eigenvalue weighted by molar-refractivity contribution is 0.0637. The molecule has 3 rings (SSSR count). The molecule has 0 saturated carbocycles. The van der Waals surface area contributed by atoms with E-state index in [0.29, 0.717) is 41.9 Å². The topological polar surface area (TPSA) is 79.8 Å². The molecular formula is C19H25N5O3. The second kappa shape index (κ2) is 8.68. The number of benzene rings is 1. The van der Waals surface area contributed by atoms with Crippen molar-refractivity contribution in [1.82, 2.24) is 19.8 Å². The molecule has 0 atom stereocenters. The monoisotopic (exact) mass is 371 g/mol. The molecule has 0 spiro atoms. The van der Waals surface area contributed by atoms with Gasteiger partial charge in [-0.05, 0) is 24.7 Å². The van der Waals surface area contributed by atoms with Crippen LogP contribution in [-0.2, 0) is 0 Å². The summed E-state index contributed by atoms with van der Waals surface area (Å²) in [5.41, 5.74) is 1.07. The third kappa shape index (κ3) is 4.46. The highest BCUT2D eigenvalue weighted by molar-refractivity contribution is 5.92. The third-order valence-corrected chi connectivity index (χ3v) is 4.64. The van der Waals surface area contributed by atoms with Crippen molar-refractivity contribution >= 4 is 17.5 Å². The van der Waals surface area contributed by atoms with E-state index in [1.165, 1.54) is 0 Å². The van der Waals surface area contributed by atoms with Crippen LogP contribution in [-0.4, -0.2) is 72.6 Å². The number of aromatic nitrogens is 2. The molecule has 2 heterocycles. The van der Waals surface area contributed by atoms with Crippen molar-refractivity contribution in [3.63, 3.8) is 0 Å². The number of carbonyl (C=O) groups excluding carboxylic acids is 1. The Kier molecular flexibility index (Phi) is 6.08. The van der Waals surface area contributed by atoms with Crippen LogP contribution in [0, 0.1) is 0 Å². The van der Waals surface area contributed by atoms with Gasteiger partial charge in [-0.1, -0.05) is 6.92 Å². The van der Waals surface area contributed by atoms with Crippen molar-refractivity contribution in [2.45, 2.75) is 6.92 Å². The first kappa shape index (κ1) is 18.9. The number of methoxy groups -OCH3 is 2. The van der Waals surface area contributed by atoms with E-state index < -0.39 is 0 Å². The summed E-state index contributed by atoms with van der Waals surface area (Å²) < 4.78 is 10.6. The van der Waals surface area contributed by atoms with Gasteiger partial charge in [-0.2, -0.15) is 0 Å². The summed E-state index contributed by atoms with van der Waals surface area (Å²) in [7, 11) is 3.18. The number of nitrogens with one attached hydrogen (secondary N) is 1. The summed E-state index contributed by atoms with van der Waals surface area (Å²) >= 11 is 0. The molecule has 27 heavy (non-hydrogen) atoms. The summed E-state index contributed by atoms with van der Waals surface area (Å²) in [6.45, 7) is 6.35. The van der Waals surface area contributed by atoms with Gasteiger partial charge in [-0.3, -0.25) is 4.79 Å². The van der Waals surface area contributed by atoms with Gasteiger partial charge in [0, 0.05) is 38.4 Å². The van der Waals surface area contributed by atoms with Gasteiger partial charge in [-0.25, -0.2) is 9.97 Å². The Bertz CT molecular complexity index is 791. The number of hydrogen-bond donors (Lipinski definition) is 1. The number of rotatable bonds is 6. The van der Waals surface area contributed by atoms with Crippen molar-refractivity contribution in [3.05, 3.63) is 36.2 Å². The summed E-state index contributed by atoms with van der Waals surface area (Å²) in [5, 5.41) is 3.11. The first-order valence-corrected chi connectivity index (χ1v) is 8.98. The van der Waals surface area contributed by atoms with E-state index in [-0.39, 0.29) is 5.91 Å². The lowest BCUT2D eigenvalue weighted by Gasteiger charge is -2.33. The van der Waals surface area contributed by atoms with Crippen LogP contribution in [0.4, 0.5) is 11.6 Å². The van der Waals surface area contributed by atoms with Gasteiger partial charge in [0.2, 0.25) is 5.95 Å². The fourth-order valence-corrected chi connectivity index (χ4v) is 2.99. The molecule has 0 aliphatic carbocycles. The van der Waals surface area contributed by atoms with Gasteiger partial charge in [0.25, 0.3) is 5.91 Å². The largest absolute Gasteiger partial charge is 0.497 e. The molecule has 0 bridgehead atoms. The molecule has 1 aliphatic heterocycles. The molecule has 1 fully saturated rings.